The molecule has 1 unspecified atom stereocenters. The van der Waals surface area contributed by atoms with Gasteiger partial charge in [0.15, 0.2) is 0 Å². The van der Waals surface area contributed by atoms with Crippen LogP contribution in [0.4, 0.5) is 0 Å². The molecule has 1 amide bonds. The van der Waals surface area contributed by atoms with Gasteiger partial charge in [-0.2, -0.15) is 0 Å². The van der Waals surface area contributed by atoms with Gasteiger partial charge in [-0.15, -0.1) is 0 Å². The summed E-state index contributed by atoms with van der Waals surface area (Å²) in [5, 5.41) is 0. The molecule has 1 aliphatic rings. The number of aryl methyl sites for hydroxylation is 1. The second-order valence-electron chi connectivity index (χ2n) is 4.19. The molecule has 1 saturated heterocycles. The van der Waals surface area contributed by atoms with Gasteiger partial charge in [0.2, 0.25) is 0 Å². The summed E-state index contributed by atoms with van der Waals surface area (Å²) in [6.07, 6.45) is 0.810. The number of nitrogens with zero attached hydrogens (tertiary/aromatic N) is 1. The van der Waals surface area contributed by atoms with Crippen molar-refractivity contribution in [3.63, 3.8) is 0 Å². The summed E-state index contributed by atoms with van der Waals surface area (Å²) in [6, 6.07) is 7.67. The smallest absolute Gasteiger partial charge is 0.255 e. The molecular formula is C13H17NO2. The Kier molecular flexibility index (Phi) is 3.25. The molecular weight excluding hydrogens is 202 g/mol. The molecule has 1 atom stereocenters. The second kappa shape index (κ2) is 4.66. The molecule has 0 N–H and O–H groups in total. The number of benzene rings is 1. The summed E-state index contributed by atoms with van der Waals surface area (Å²) in [5.74, 6) is 0.0622. The van der Waals surface area contributed by atoms with Crippen molar-refractivity contribution in [1.29, 1.82) is 0 Å². The fourth-order valence-electron chi connectivity index (χ4n) is 1.89. The predicted molar refractivity (Wildman–Crippen MR) is 62.2 cm³/mol. The summed E-state index contributed by atoms with van der Waals surface area (Å²) in [7, 11) is 0. The van der Waals surface area contributed by atoms with Crippen LogP contribution in [0.1, 0.15) is 29.3 Å². The number of carbonyl (C=O) groups excluding carboxylic acids is 1. The highest BCUT2D eigenvalue weighted by Gasteiger charge is 2.24. The van der Waals surface area contributed by atoms with Crippen molar-refractivity contribution in [3.8, 4) is 0 Å². The second-order valence-corrected chi connectivity index (χ2v) is 4.19. The SMILES string of the molecule is Cc1ccc(C(=O)N2CCCOC2C)cc1. The Balaban J connectivity index is 2.14. The van der Waals surface area contributed by atoms with Crippen LogP contribution in [0.2, 0.25) is 0 Å². The number of ether oxygens (including phenoxy) is 1. The zero-order valence-corrected chi connectivity index (χ0v) is 9.77. The first-order valence-corrected chi connectivity index (χ1v) is 5.68. The van der Waals surface area contributed by atoms with Crippen molar-refractivity contribution in [3.05, 3.63) is 35.4 Å². The van der Waals surface area contributed by atoms with Crippen molar-refractivity contribution >= 4 is 5.91 Å². The Labute approximate surface area is 96.0 Å². The van der Waals surface area contributed by atoms with Crippen LogP contribution in [0.25, 0.3) is 0 Å². The van der Waals surface area contributed by atoms with Gasteiger partial charge in [-0.25, -0.2) is 0 Å². The van der Waals surface area contributed by atoms with E-state index in [1.807, 2.05) is 38.1 Å². The highest BCUT2D eigenvalue weighted by atomic mass is 16.5. The fourth-order valence-corrected chi connectivity index (χ4v) is 1.89. The van der Waals surface area contributed by atoms with Gasteiger partial charge in [0.1, 0.15) is 6.23 Å². The Morgan fingerprint density at radius 3 is 2.69 bits per heavy atom. The minimum Gasteiger partial charge on any atom is -0.359 e. The van der Waals surface area contributed by atoms with Crippen molar-refractivity contribution in [2.24, 2.45) is 0 Å². The van der Waals surface area contributed by atoms with Crippen LogP contribution in [0.3, 0.4) is 0 Å². The van der Waals surface area contributed by atoms with Crippen LogP contribution in [0, 0.1) is 6.92 Å². The van der Waals surface area contributed by atoms with Gasteiger partial charge in [-0.05, 0) is 32.4 Å². The number of amides is 1. The van der Waals surface area contributed by atoms with Gasteiger partial charge in [0.05, 0.1) is 6.61 Å². The number of carbonyl (C=O) groups is 1. The fraction of sp³-hybridized carbons (Fsp3) is 0.462. The third-order valence-corrected chi connectivity index (χ3v) is 2.90. The molecule has 1 aromatic carbocycles. The highest BCUT2D eigenvalue weighted by Crippen LogP contribution is 2.14. The van der Waals surface area contributed by atoms with Gasteiger partial charge < -0.3 is 9.64 Å². The van der Waals surface area contributed by atoms with E-state index >= 15 is 0 Å². The molecule has 2 rings (SSSR count). The Morgan fingerprint density at radius 2 is 2.06 bits per heavy atom. The largest absolute Gasteiger partial charge is 0.359 e. The number of hydrogen-bond donors (Lipinski definition) is 0. The normalized spacial score (nSPS) is 20.9. The van der Waals surface area contributed by atoms with E-state index in [0.717, 1.165) is 25.1 Å². The van der Waals surface area contributed by atoms with E-state index in [1.54, 1.807) is 4.90 Å². The van der Waals surface area contributed by atoms with E-state index in [9.17, 15) is 4.79 Å². The van der Waals surface area contributed by atoms with Gasteiger partial charge in [-0.1, -0.05) is 17.7 Å². The third-order valence-electron chi connectivity index (χ3n) is 2.90. The quantitative estimate of drug-likeness (QED) is 0.724. The molecule has 0 bridgehead atoms. The van der Waals surface area contributed by atoms with E-state index in [4.69, 9.17) is 4.74 Å². The molecule has 0 aliphatic carbocycles. The minimum atomic E-state index is -0.109. The van der Waals surface area contributed by atoms with E-state index in [0.29, 0.717) is 0 Å². The average molecular weight is 219 g/mol. The van der Waals surface area contributed by atoms with Gasteiger partial charge in [0, 0.05) is 12.1 Å². The predicted octanol–water partition coefficient (Wildman–Crippen LogP) is 2.20. The lowest BCUT2D eigenvalue weighted by Gasteiger charge is -2.33. The first-order chi connectivity index (χ1) is 7.68. The van der Waals surface area contributed by atoms with Crippen LogP contribution in [0.5, 0.6) is 0 Å². The van der Waals surface area contributed by atoms with E-state index in [1.165, 1.54) is 5.56 Å². The number of rotatable bonds is 1. The maximum atomic E-state index is 12.2. The van der Waals surface area contributed by atoms with Gasteiger partial charge >= 0.3 is 0 Å². The first kappa shape index (κ1) is 11.1. The molecule has 0 radical (unpaired) electrons. The van der Waals surface area contributed by atoms with E-state index in [2.05, 4.69) is 0 Å². The third kappa shape index (κ3) is 2.25. The molecule has 1 aromatic rings. The molecule has 1 heterocycles. The monoisotopic (exact) mass is 219 g/mol. The summed E-state index contributed by atoms with van der Waals surface area (Å²) in [5.41, 5.74) is 1.91. The van der Waals surface area contributed by atoms with Crippen molar-refractivity contribution < 1.29 is 9.53 Å². The Morgan fingerprint density at radius 1 is 1.38 bits per heavy atom. The average Bonchev–Trinajstić information content (AvgIpc) is 2.30. The molecule has 3 nitrogen and oxygen atoms in total. The van der Waals surface area contributed by atoms with Crippen LogP contribution in [0.15, 0.2) is 24.3 Å². The lowest BCUT2D eigenvalue weighted by Crippen LogP contribution is -2.44. The molecule has 0 aromatic heterocycles. The van der Waals surface area contributed by atoms with Gasteiger partial charge in [0.25, 0.3) is 5.91 Å². The maximum absolute atomic E-state index is 12.2. The molecule has 86 valence electrons. The van der Waals surface area contributed by atoms with Crippen LogP contribution in [-0.4, -0.2) is 30.2 Å². The van der Waals surface area contributed by atoms with Crippen LogP contribution >= 0.6 is 0 Å². The Hall–Kier alpha value is -1.35. The van der Waals surface area contributed by atoms with Crippen molar-refractivity contribution in [1.82, 2.24) is 4.90 Å². The summed E-state index contributed by atoms with van der Waals surface area (Å²) < 4.78 is 5.46. The first-order valence-electron chi connectivity index (χ1n) is 5.68. The summed E-state index contributed by atoms with van der Waals surface area (Å²) in [4.78, 5) is 14.0. The van der Waals surface area contributed by atoms with Gasteiger partial charge in [-0.3, -0.25) is 4.79 Å². The summed E-state index contributed by atoms with van der Waals surface area (Å²) in [6.45, 7) is 5.47. The Bertz CT molecular complexity index is 372. The molecule has 1 fully saturated rings. The standard InChI is InChI=1S/C13H17NO2/c1-10-4-6-12(7-5-10)13(15)14-8-3-9-16-11(14)2/h4-7,11H,3,8-9H2,1-2H3. The van der Waals surface area contributed by atoms with Crippen LogP contribution in [-0.2, 0) is 4.74 Å². The van der Waals surface area contributed by atoms with Crippen molar-refractivity contribution in [2.45, 2.75) is 26.5 Å². The highest BCUT2D eigenvalue weighted by molar-refractivity contribution is 5.94. The number of hydrogen-bond acceptors (Lipinski definition) is 2. The molecule has 0 spiro atoms. The van der Waals surface area contributed by atoms with Crippen LogP contribution < -0.4 is 0 Å². The van der Waals surface area contributed by atoms with E-state index < -0.39 is 0 Å². The zero-order valence-electron chi connectivity index (χ0n) is 9.77. The lowest BCUT2D eigenvalue weighted by molar-refractivity contribution is -0.0661. The topological polar surface area (TPSA) is 29.5 Å². The van der Waals surface area contributed by atoms with Crippen molar-refractivity contribution in [2.75, 3.05) is 13.2 Å². The molecule has 16 heavy (non-hydrogen) atoms. The van der Waals surface area contributed by atoms with E-state index in [-0.39, 0.29) is 12.1 Å². The lowest BCUT2D eigenvalue weighted by atomic mass is 10.1. The minimum absolute atomic E-state index is 0.0622. The molecule has 3 heteroatoms. The zero-order chi connectivity index (χ0) is 11.5. The summed E-state index contributed by atoms with van der Waals surface area (Å²) >= 11 is 0. The molecule has 1 aliphatic heterocycles. The maximum Gasteiger partial charge on any atom is 0.255 e. The molecule has 0 saturated carbocycles.